The summed E-state index contributed by atoms with van der Waals surface area (Å²) in [5.41, 5.74) is 8.28. The lowest BCUT2D eigenvalue weighted by atomic mass is 10.2. The number of ether oxygens (including phenoxy) is 2. The molecule has 2 aromatic carbocycles. The van der Waals surface area contributed by atoms with Crippen LogP contribution in [0.2, 0.25) is 0 Å². The number of aryl methyl sites for hydroxylation is 1. The van der Waals surface area contributed by atoms with Gasteiger partial charge in [0.05, 0.1) is 13.2 Å². The molecule has 7 heteroatoms. The molecule has 0 saturated heterocycles. The standard InChI is InChI=1S/C19H23F2N3O2/c1-3-10-25-16-9-6-14(17(11-16)26-18(20)21)12-23-19(22)24-15-7-4-13(2)5-8-15/h4-9,11,18H,3,10,12H2,1-2H3,(H3,22,23,24). The first kappa shape index (κ1) is 19.5. The lowest BCUT2D eigenvalue weighted by Gasteiger charge is -2.12. The van der Waals surface area contributed by atoms with Crippen molar-refractivity contribution in [1.82, 2.24) is 0 Å². The third-order valence-electron chi connectivity index (χ3n) is 3.47. The van der Waals surface area contributed by atoms with E-state index in [9.17, 15) is 8.78 Å². The van der Waals surface area contributed by atoms with E-state index in [0.29, 0.717) is 17.9 Å². The van der Waals surface area contributed by atoms with Crippen LogP contribution in [0, 0.1) is 6.92 Å². The minimum atomic E-state index is -2.93. The molecule has 5 nitrogen and oxygen atoms in total. The Morgan fingerprint density at radius 3 is 2.58 bits per heavy atom. The third kappa shape index (κ3) is 6.23. The number of nitrogens with two attached hydrogens (primary N) is 1. The van der Waals surface area contributed by atoms with Gasteiger partial charge in [-0.25, -0.2) is 4.99 Å². The number of nitrogens with one attached hydrogen (secondary N) is 1. The summed E-state index contributed by atoms with van der Waals surface area (Å²) in [5, 5.41) is 2.95. The largest absolute Gasteiger partial charge is 0.493 e. The van der Waals surface area contributed by atoms with Crippen LogP contribution in [0.4, 0.5) is 14.5 Å². The normalized spacial score (nSPS) is 11.5. The van der Waals surface area contributed by atoms with E-state index in [0.717, 1.165) is 17.7 Å². The quantitative estimate of drug-likeness (QED) is 0.542. The highest BCUT2D eigenvalue weighted by Crippen LogP contribution is 2.27. The van der Waals surface area contributed by atoms with E-state index < -0.39 is 6.61 Å². The van der Waals surface area contributed by atoms with Crippen molar-refractivity contribution in [2.45, 2.75) is 33.4 Å². The summed E-state index contributed by atoms with van der Waals surface area (Å²) < 4.78 is 35.4. The number of aliphatic imine (C=N–C) groups is 1. The predicted molar refractivity (Wildman–Crippen MR) is 99.0 cm³/mol. The fourth-order valence-electron chi connectivity index (χ4n) is 2.18. The molecule has 0 saturated carbocycles. The van der Waals surface area contributed by atoms with Gasteiger partial charge in [0.2, 0.25) is 0 Å². The van der Waals surface area contributed by atoms with E-state index in [1.807, 2.05) is 38.1 Å². The first-order chi connectivity index (χ1) is 12.5. The first-order valence-corrected chi connectivity index (χ1v) is 8.32. The Balaban J connectivity index is 2.09. The molecule has 0 spiro atoms. The molecule has 0 bridgehead atoms. The second kappa shape index (κ2) is 9.60. The number of nitrogens with zero attached hydrogens (tertiary/aromatic N) is 1. The van der Waals surface area contributed by atoms with E-state index in [1.165, 1.54) is 6.07 Å². The molecule has 26 heavy (non-hydrogen) atoms. The Kier molecular flexibility index (Phi) is 7.20. The van der Waals surface area contributed by atoms with Crippen LogP contribution < -0.4 is 20.5 Å². The number of anilines is 1. The molecule has 0 fully saturated rings. The predicted octanol–water partition coefficient (Wildman–Crippen LogP) is 4.31. The van der Waals surface area contributed by atoms with Gasteiger partial charge in [-0.05, 0) is 37.6 Å². The molecule has 140 valence electrons. The van der Waals surface area contributed by atoms with Crippen LogP contribution >= 0.6 is 0 Å². The number of hydrogen-bond acceptors (Lipinski definition) is 3. The summed E-state index contributed by atoms with van der Waals surface area (Å²) in [6, 6.07) is 12.4. The van der Waals surface area contributed by atoms with Crippen molar-refractivity contribution in [2.75, 3.05) is 11.9 Å². The van der Waals surface area contributed by atoms with E-state index in [4.69, 9.17) is 10.5 Å². The summed E-state index contributed by atoms with van der Waals surface area (Å²) >= 11 is 0. The topological polar surface area (TPSA) is 68.9 Å². The van der Waals surface area contributed by atoms with E-state index in [-0.39, 0.29) is 18.3 Å². The van der Waals surface area contributed by atoms with Gasteiger partial charge in [-0.1, -0.05) is 24.6 Å². The average molecular weight is 363 g/mol. The van der Waals surface area contributed by atoms with Crippen LogP contribution in [0.5, 0.6) is 11.5 Å². The van der Waals surface area contributed by atoms with Crippen molar-refractivity contribution in [1.29, 1.82) is 0 Å². The maximum Gasteiger partial charge on any atom is 0.387 e. The second-order valence-electron chi connectivity index (χ2n) is 5.69. The molecule has 2 rings (SSSR count). The Morgan fingerprint density at radius 2 is 1.92 bits per heavy atom. The van der Waals surface area contributed by atoms with Crippen LogP contribution in [-0.2, 0) is 6.54 Å². The van der Waals surface area contributed by atoms with Gasteiger partial charge in [0.15, 0.2) is 5.96 Å². The highest BCUT2D eigenvalue weighted by atomic mass is 19.3. The number of guanidine groups is 1. The molecule has 3 N–H and O–H groups in total. The number of rotatable bonds is 8. The van der Waals surface area contributed by atoms with Gasteiger partial charge in [-0.3, -0.25) is 0 Å². The average Bonchev–Trinajstić information content (AvgIpc) is 2.60. The third-order valence-corrected chi connectivity index (χ3v) is 3.47. The summed E-state index contributed by atoms with van der Waals surface area (Å²) in [7, 11) is 0. The van der Waals surface area contributed by atoms with Gasteiger partial charge in [0, 0.05) is 17.3 Å². The summed E-state index contributed by atoms with van der Waals surface area (Å²) in [6.07, 6.45) is 0.818. The molecule has 0 heterocycles. The van der Waals surface area contributed by atoms with Crippen LogP contribution in [0.15, 0.2) is 47.5 Å². The number of halogens is 2. The number of benzene rings is 2. The Morgan fingerprint density at radius 1 is 1.19 bits per heavy atom. The molecule has 0 radical (unpaired) electrons. The fourth-order valence-corrected chi connectivity index (χ4v) is 2.18. The van der Waals surface area contributed by atoms with Crippen molar-refractivity contribution in [3.05, 3.63) is 53.6 Å². The lowest BCUT2D eigenvalue weighted by molar-refractivity contribution is -0.0505. The van der Waals surface area contributed by atoms with Crippen LogP contribution in [0.1, 0.15) is 24.5 Å². The molecule has 0 amide bonds. The molecule has 0 aromatic heterocycles. The highest BCUT2D eigenvalue weighted by Gasteiger charge is 2.11. The zero-order valence-corrected chi connectivity index (χ0v) is 14.8. The summed E-state index contributed by atoms with van der Waals surface area (Å²) in [6.45, 7) is 1.62. The molecular weight excluding hydrogens is 340 g/mol. The molecule has 0 atom stereocenters. The van der Waals surface area contributed by atoms with E-state index in [2.05, 4.69) is 15.0 Å². The molecule has 0 aliphatic carbocycles. The SMILES string of the molecule is CCCOc1ccc(CN=C(N)Nc2ccc(C)cc2)c(OC(F)F)c1. The second-order valence-corrected chi connectivity index (χ2v) is 5.69. The molecule has 0 aliphatic heterocycles. The van der Waals surface area contributed by atoms with E-state index in [1.54, 1.807) is 12.1 Å². The molecule has 2 aromatic rings. The molecule has 0 unspecified atom stereocenters. The van der Waals surface area contributed by atoms with Gasteiger partial charge in [-0.15, -0.1) is 0 Å². The van der Waals surface area contributed by atoms with Crippen LogP contribution in [0.3, 0.4) is 0 Å². The van der Waals surface area contributed by atoms with Crippen molar-refractivity contribution in [3.63, 3.8) is 0 Å². The molecule has 0 aliphatic rings. The summed E-state index contributed by atoms with van der Waals surface area (Å²) in [4.78, 5) is 4.19. The van der Waals surface area contributed by atoms with Crippen LogP contribution in [-0.4, -0.2) is 19.2 Å². The maximum atomic E-state index is 12.7. The number of hydrogen-bond donors (Lipinski definition) is 2. The Labute approximate surface area is 151 Å². The minimum absolute atomic E-state index is 0.0282. The van der Waals surface area contributed by atoms with Gasteiger partial charge in [0.25, 0.3) is 0 Å². The smallest absolute Gasteiger partial charge is 0.387 e. The van der Waals surface area contributed by atoms with Gasteiger partial charge in [0.1, 0.15) is 11.5 Å². The van der Waals surface area contributed by atoms with Crippen molar-refractivity contribution < 1.29 is 18.3 Å². The van der Waals surface area contributed by atoms with Gasteiger partial charge < -0.3 is 20.5 Å². The van der Waals surface area contributed by atoms with Crippen LogP contribution in [0.25, 0.3) is 0 Å². The Hall–Kier alpha value is -2.83. The lowest BCUT2D eigenvalue weighted by Crippen LogP contribution is -2.22. The summed E-state index contributed by atoms with van der Waals surface area (Å²) in [5.74, 6) is 0.685. The maximum absolute atomic E-state index is 12.7. The molecular formula is C19H23F2N3O2. The van der Waals surface area contributed by atoms with Crippen molar-refractivity contribution in [3.8, 4) is 11.5 Å². The van der Waals surface area contributed by atoms with Gasteiger partial charge in [-0.2, -0.15) is 8.78 Å². The first-order valence-electron chi connectivity index (χ1n) is 8.32. The number of alkyl halides is 2. The zero-order chi connectivity index (χ0) is 18.9. The minimum Gasteiger partial charge on any atom is -0.493 e. The Bertz CT molecular complexity index is 734. The fraction of sp³-hybridized carbons (Fsp3) is 0.316. The zero-order valence-electron chi connectivity index (χ0n) is 14.8. The highest BCUT2D eigenvalue weighted by molar-refractivity contribution is 5.92. The van der Waals surface area contributed by atoms with Crippen molar-refractivity contribution >= 4 is 11.6 Å². The van der Waals surface area contributed by atoms with Gasteiger partial charge >= 0.3 is 6.61 Å². The van der Waals surface area contributed by atoms with Crippen molar-refractivity contribution in [2.24, 2.45) is 10.7 Å². The van der Waals surface area contributed by atoms with E-state index >= 15 is 0 Å². The monoisotopic (exact) mass is 363 g/mol.